The highest BCUT2D eigenvalue weighted by Gasteiger charge is 2.23. The molecule has 0 unspecified atom stereocenters. The van der Waals surface area contributed by atoms with Gasteiger partial charge in [0.2, 0.25) is 11.8 Å². The van der Waals surface area contributed by atoms with Gasteiger partial charge in [-0.25, -0.2) is 0 Å². The molecule has 1 aromatic heterocycles. The van der Waals surface area contributed by atoms with E-state index in [2.05, 4.69) is 15.5 Å². The van der Waals surface area contributed by atoms with Gasteiger partial charge in [-0.3, -0.25) is 4.79 Å². The van der Waals surface area contributed by atoms with Gasteiger partial charge in [0.05, 0.1) is 0 Å². The van der Waals surface area contributed by atoms with E-state index in [1.807, 2.05) is 12.1 Å². The minimum atomic E-state index is -0.0224. The third-order valence-electron chi connectivity index (χ3n) is 2.83. The van der Waals surface area contributed by atoms with E-state index in [-0.39, 0.29) is 5.91 Å². The predicted octanol–water partition coefficient (Wildman–Crippen LogP) is 1.94. The van der Waals surface area contributed by atoms with E-state index in [9.17, 15) is 4.79 Å². The number of nitrogens with zero attached hydrogens (tertiary/aromatic N) is 2. The molecule has 92 valence electrons. The summed E-state index contributed by atoms with van der Waals surface area (Å²) in [6.07, 6.45) is 2.18. The summed E-state index contributed by atoms with van der Waals surface area (Å²) >= 11 is 0. The summed E-state index contributed by atoms with van der Waals surface area (Å²) in [4.78, 5) is 11.8. The first-order valence-electron chi connectivity index (χ1n) is 5.94. The highest BCUT2D eigenvalue weighted by Crippen LogP contribution is 2.21. The van der Waals surface area contributed by atoms with Crippen molar-refractivity contribution in [3.63, 3.8) is 0 Å². The van der Waals surface area contributed by atoms with E-state index in [0.717, 1.165) is 18.4 Å². The first kappa shape index (κ1) is 11.0. The van der Waals surface area contributed by atoms with E-state index in [1.54, 1.807) is 19.1 Å². The molecule has 1 fully saturated rings. The van der Waals surface area contributed by atoms with Crippen LogP contribution in [-0.2, 0) is 0 Å². The van der Waals surface area contributed by atoms with Crippen molar-refractivity contribution in [3.8, 4) is 11.5 Å². The Hall–Kier alpha value is -2.17. The Kier molecular flexibility index (Phi) is 2.59. The van der Waals surface area contributed by atoms with Gasteiger partial charge in [0.15, 0.2) is 0 Å². The van der Waals surface area contributed by atoms with Crippen LogP contribution in [0.3, 0.4) is 0 Å². The highest BCUT2D eigenvalue weighted by molar-refractivity contribution is 5.94. The van der Waals surface area contributed by atoms with Crippen LogP contribution in [0.2, 0.25) is 0 Å². The van der Waals surface area contributed by atoms with Crippen LogP contribution < -0.4 is 5.32 Å². The van der Waals surface area contributed by atoms with Gasteiger partial charge in [0.1, 0.15) is 0 Å². The van der Waals surface area contributed by atoms with Crippen LogP contribution in [-0.4, -0.2) is 22.1 Å². The van der Waals surface area contributed by atoms with Crippen molar-refractivity contribution in [1.29, 1.82) is 0 Å². The summed E-state index contributed by atoms with van der Waals surface area (Å²) in [7, 11) is 0. The number of aromatic nitrogens is 2. The van der Waals surface area contributed by atoms with Crippen molar-refractivity contribution < 1.29 is 9.21 Å². The number of hydrogen-bond acceptors (Lipinski definition) is 4. The Bertz CT molecular complexity index is 570. The summed E-state index contributed by atoms with van der Waals surface area (Å²) in [6.45, 7) is 1.74. The van der Waals surface area contributed by atoms with Gasteiger partial charge >= 0.3 is 0 Å². The van der Waals surface area contributed by atoms with E-state index >= 15 is 0 Å². The van der Waals surface area contributed by atoms with Crippen LogP contribution >= 0.6 is 0 Å². The molecule has 0 bridgehead atoms. The quantitative estimate of drug-likeness (QED) is 0.894. The van der Waals surface area contributed by atoms with Gasteiger partial charge in [0.25, 0.3) is 5.91 Å². The number of amides is 1. The first-order chi connectivity index (χ1) is 8.72. The Morgan fingerprint density at radius 2 is 2.00 bits per heavy atom. The molecule has 1 aromatic carbocycles. The van der Waals surface area contributed by atoms with Crippen LogP contribution in [0.4, 0.5) is 0 Å². The van der Waals surface area contributed by atoms with Crippen molar-refractivity contribution >= 4 is 5.91 Å². The minimum Gasteiger partial charge on any atom is -0.421 e. The van der Waals surface area contributed by atoms with Crippen molar-refractivity contribution in [1.82, 2.24) is 15.5 Å². The SMILES string of the molecule is Cc1nnc(-c2ccc(C(=O)NC3CC3)cc2)o1. The van der Waals surface area contributed by atoms with Crippen molar-refractivity contribution in [3.05, 3.63) is 35.7 Å². The second-order valence-electron chi connectivity index (χ2n) is 4.45. The summed E-state index contributed by atoms with van der Waals surface area (Å²) in [5, 5.41) is 10.6. The molecule has 1 aliphatic carbocycles. The summed E-state index contributed by atoms with van der Waals surface area (Å²) in [5.74, 6) is 0.980. The third-order valence-corrected chi connectivity index (χ3v) is 2.83. The van der Waals surface area contributed by atoms with Crippen LogP contribution in [0.1, 0.15) is 29.1 Å². The van der Waals surface area contributed by atoms with Gasteiger partial charge in [-0.1, -0.05) is 0 Å². The van der Waals surface area contributed by atoms with Gasteiger partial charge in [-0.15, -0.1) is 10.2 Å². The fourth-order valence-electron chi connectivity index (χ4n) is 1.67. The number of rotatable bonds is 3. The Balaban J connectivity index is 1.77. The fourth-order valence-corrected chi connectivity index (χ4v) is 1.67. The molecule has 0 saturated heterocycles. The lowest BCUT2D eigenvalue weighted by Gasteiger charge is -2.03. The molecular weight excluding hydrogens is 230 g/mol. The van der Waals surface area contributed by atoms with Crippen molar-refractivity contribution in [2.24, 2.45) is 0 Å². The van der Waals surface area contributed by atoms with Crippen LogP contribution in [0.5, 0.6) is 0 Å². The average Bonchev–Trinajstić information content (AvgIpc) is 3.09. The van der Waals surface area contributed by atoms with E-state index < -0.39 is 0 Å². The molecule has 1 N–H and O–H groups in total. The van der Waals surface area contributed by atoms with E-state index in [1.165, 1.54) is 0 Å². The van der Waals surface area contributed by atoms with Crippen molar-refractivity contribution in [2.75, 3.05) is 0 Å². The molecule has 18 heavy (non-hydrogen) atoms. The Morgan fingerprint density at radius 3 is 2.56 bits per heavy atom. The number of hydrogen-bond donors (Lipinski definition) is 1. The number of carbonyl (C=O) groups is 1. The third kappa shape index (κ3) is 2.25. The topological polar surface area (TPSA) is 68.0 Å². The maximum absolute atomic E-state index is 11.8. The van der Waals surface area contributed by atoms with Gasteiger partial charge in [0, 0.05) is 24.1 Å². The molecule has 3 rings (SSSR count). The van der Waals surface area contributed by atoms with Crippen LogP contribution in [0.15, 0.2) is 28.7 Å². The lowest BCUT2D eigenvalue weighted by Crippen LogP contribution is -2.25. The monoisotopic (exact) mass is 243 g/mol. The largest absolute Gasteiger partial charge is 0.421 e. The standard InChI is InChI=1S/C13H13N3O2/c1-8-15-16-13(18-8)10-4-2-9(3-5-10)12(17)14-11-6-7-11/h2-5,11H,6-7H2,1H3,(H,14,17). The second kappa shape index (κ2) is 4.25. The minimum absolute atomic E-state index is 0.0224. The number of aryl methyl sites for hydroxylation is 1. The molecule has 1 aliphatic rings. The smallest absolute Gasteiger partial charge is 0.251 e. The molecule has 1 amide bonds. The zero-order valence-corrected chi connectivity index (χ0v) is 10.0. The normalized spacial score (nSPS) is 14.5. The summed E-state index contributed by atoms with van der Waals surface area (Å²) in [6, 6.07) is 7.54. The van der Waals surface area contributed by atoms with Gasteiger partial charge in [-0.05, 0) is 37.1 Å². The van der Waals surface area contributed by atoms with E-state index in [4.69, 9.17) is 4.42 Å². The maximum atomic E-state index is 11.8. The highest BCUT2D eigenvalue weighted by atomic mass is 16.4. The molecular formula is C13H13N3O2. The first-order valence-corrected chi connectivity index (χ1v) is 5.94. The molecule has 1 saturated carbocycles. The maximum Gasteiger partial charge on any atom is 0.251 e. The lowest BCUT2D eigenvalue weighted by atomic mass is 10.1. The summed E-state index contributed by atoms with van der Waals surface area (Å²) < 4.78 is 5.32. The molecule has 0 spiro atoms. The molecule has 0 aliphatic heterocycles. The van der Waals surface area contributed by atoms with Gasteiger partial charge in [-0.2, -0.15) is 0 Å². The number of nitrogens with one attached hydrogen (secondary N) is 1. The number of benzene rings is 1. The second-order valence-corrected chi connectivity index (χ2v) is 4.45. The molecule has 5 nitrogen and oxygen atoms in total. The summed E-state index contributed by atoms with van der Waals surface area (Å²) in [5.41, 5.74) is 1.47. The predicted molar refractivity (Wildman–Crippen MR) is 65.0 cm³/mol. The van der Waals surface area contributed by atoms with Crippen LogP contribution in [0.25, 0.3) is 11.5 Å². The van der Waals surface area contributed by atoms with Crippen LogP contribution in [0, 0.1) is 6.92 Å². The Labute approximate surface area is 104 Å². The average molecular weight is 243 g/mol. The van der Waals surface area contributed by atoms with E-state index in [0.29, 0.717) is 23.4 Å². The zero-order valence-electron chi connectivity index (χ0n) is 10.0. The zero-order chi connectivity index (χ0) is 12.5. The molecule has 5 heteroatoms. The lowest BCUT2D eigenvalue weighted by molar-refractivity contribution is 0.0951. The molecule has 1 heterocycles. The fraction of sp³-hybridized carbons (Fsp3) is 0.308. The molecule has 0 atom stereocenters. The molecule has 2 aromatic rings. The Morgan fingerprint density at radius 1 is 1.28 bits per heavy atom. The van der Waals surface area contributed by atoms with Gasteiger partial charge < -0.3 is 9.73 Å². The number of carbonyl (C=O) groups excluding carboxylic acids is 1. The molecule has 0 radical (unpaired) electrons. The van der Waals surface area contributed by atoms with Crippen molar-refractivity contribution in [2.45, 2.75) is 25.8 Å².